The summed E-state index contributed by atoms with van der Waals surface area (Å²) in [5.41, 5.74) is -0.686. The van der Waals surface area contributed by atoms with Crippen LogP contribution in [0.2, 0.25) is 0 Å². The Labute approximate surface area is 158 Å². The number of hydrogen-bond donors (Lipinski definition) is 0. The molecule has 8 heteroatoms. The first-order chi connectivity index (χ1) is 12.6. The largest absolute Gasteiger partial charge is 0.424 e. The Morgan fingerprint density at radius 3 is 2.78 bits per heavy atom. The standard InChI is InChI=1S/C19H26N4O4/c1-11-20-21-13(26-11)8-22(5)16(24)14-12-6-7-19(27-12)10-23(9-18(2,3)4)17(25)15(14)19/h6-7,12,14-15H,8-10H2,1-5H3/t12-,14?,15?,19-/m1/s1. The molecule has 0 N–H and O–H groups in total. The lowest BCUT2D eigenvalue weighted by Crippen LogP contribution is -2.45. The first kappa shape index (κ1) is 18.2. The van der Waals surface area contributed by atoms with E-state index >= 15 is 0 Å². The molecule has 4 rings (SSSR count). The van der Waals surface area contributed by atoms with Gasteiger partial charge in [0.2, 0.25) is 23.6 Å². The van der Waals surface area contributed by atoms with E-state index in [9.17, 15) is 9.59 Å². The number of aromatic nitrogens is 2. The molecule has 0 aromatic carbocycles. The molecule has 146 valence electrons. The number of amides is 2. The fraction of sp³-hybridized carbons (Fsp3) is 0.684. The normalized spacial score (nSPS) is 31.7. The third kappa shape index (κ3) is 2.96. The van der Waals surface area contributed by atoms with Crippen LogP contribution in [0.5, 0.6) is 0 Å². The number of carbonyl (C=O) groups excluding carboxylic acids is 2. The van der Waals surface area contributed by atoms with Gasteiger partial charge in [-0.15, -0.1) is 10.2 Å². The van der Waals surface area contributed by atoms with Crippen LogP contribution in [-0.4, -0.2) is 63.7 Å². The molecule has 0 radical (unpaired) electrons. The van der Waals surface area contributed by atoms with Crippen molar-refractivity contribution in [1.29, 1.82) is 0 Å². The SMILES string of the molecule is Cc1nnc(CN(C)C(=O)C2C3C(=O)N(CC(C)(C)C)C[C@]34C=C[C@H]2O4)o1. The molecule has 3 aliphatic rings. The van der Waals surface area contributed by atoms with Crippen molar-refractivity contribution in [2.24, 2.45) is 17.3 Å². The van der Waals surface area contributed by atoms with Crippen LogP contribution in [0.4, 0.5) is 0 Å². The summed E-state index contributed by atoms with van der Waals surface area (Å²) in [5, 5.41) is 7.74. The monoisotopic (exact) mass is 374 g/mol. The van der Waals surface area contributed by atoms with Crippen LogP contribution < -0.4 is 0 Å². The molecule has 8 nitrogen and oxygen atoms in total. The molecular formula is C19H26N4O4. The quantitative estimate of drug-likeness (QED) is 0.735. The van der Waals surface area contributed by atoms with Gasteiger partial charge >= 0.3 is 0 Å². The van der Waals surface area contributed by atoms with E-state index in [1.54, 1.807) is 18.9 Å². The summed E-state index contributed by atoms with van der Waals surface area (Å²) in [5.74, 6) is -0.254. The van der Waals surface area contributed by atoms with Crippen molar-refractivity contribution in [3.8, 4) is 0 Å². The highest BCUT2D eigenvalue weighted by molar-refractivity contribution is 5.93. The zero-order chi connectivity index (χ0) is 19.6. The molecule has 27 heavy (non-hydrogen) atoms. The van der Waals surface area contributed by atoms with Gasteiger partial charge in [0, 0.05) is 20.5 Å². The molecule has 2 fully saturated rings. The van der Waals surface area contributed by atoms with E-state index in [1.807, 2.05) is 17.1 Å². The van der Waals surface area contributed by atoms with Crippen LogP contribution in [0.1, 0.15) is 32.6 Å². The number of nitrogens with zero attached hydrogens (tertiary/aromatic N) is 4. The van der Waals surface area contributed by atoms with Gasteiger partial charge in [0.15, 0.2) is 0 Å². The molecule has 4 heterocycles. The summed E-state index contributed by atoms with van der Waals surface area (Å²) in [6.45, 7) is 9.37. The maximum Gasteiger partial charge on any atom is 0.235 e. The molecule has 3 aliphatic heterocycles. The number of hydrogen-bond acceptors (Lipinski definition) is 6. The minimum absolute atomic E-state index is 0.0113. The molecule has 0 aliphatic carbocycles. The van der Waals surface area contributed by atoms with Gasteiger partial charge in [-0.1, -0.05) is 32.9 Å². The van der Waals surface area contributed by atoms with Gasteiger partial charge < -0.3 is 19.0 Å². The molecule has 2 unspecified atom stereocenters. The predicted octanol–water partition coefficient (Wildman–Crippen LogP) is 1.16. The third-order valence-electron chi connectivity index (χ3n) is 5.45. The smallest absolute Gasteiger partial charge is 0.235 e. The molecule has 4 atom stereocenters. The van der Waals surface area contributed by atoms with Crippen LogP contribution in [0.3, 0.4) is 0 Å². The van der Waals surface area contributed by atoms with Gasteiger partial charge in [-0.2, -0.15) is 0 Å². The van der Waals surface area contributed by atoms with Crippen molar-refractivity contribution in [3.63, 3.8) is 0 Å². The van der Waals surface area contributed by atoms with Crippen LogP contribution >= 0.6 is 0 Å². The number of likely N-dealkylation sites (tertiary alicyclic amines) is 1. The number of fused-ring (bicyclic) bond motifs is 1. The van der Waals surface area contributed by atoms with Gasteiger partial charge in [0.25, 0.3) is 0 Å². The van der Waals surface area contributed by atoms with E-state index in [0.29, 0.717) is 24.9 Å². The number of aryl methyl sites for hydroxylation is 1. The maximum absolute atomic E-state index is 13.2. The van der Waals surface area contributed by atoms with E-state index in [0.717, 1.165) is 0 Å². The van der Waals surface area contributed by atoms with Crippen molar-refractivity contribution < 1.29 is 18.7 Å². The fourth-order valence-electron chi connectivity index (χ4n) is 4.50. The average Bonchev–Trinajstić information content (AvgIpc) is 3.28. The van der Waals surface area contributed by atoms with Gasteiger partial charge in [-0.25, -0.2) is 0 Å². The van der Waals surface area contributed by atoms with Crippen molar-refractivity contribution in [3.05, 3.63) is 23.9 Å². The highest BCUT2D eigenvalue weighted by atomic mass is 16.5. The van der Waals surface area contributed by atoms with Crippen molar-refractivity contribution in [2.45, 2.75) is 45.9 Å². The zero-order valence-corrected chi connectivity index (χ0v) is 16.4. The van der Waals surface area contributed by atoms with Crippen molar-refractivity contribution >= 4 is 11.8 Å². The second-order valence-electron chi connectivity index (χ2n) is 9.06. The Bertz CT molecular complexity index is 811. The Balaban J connectivity index is 1.54. The van der Waals surface area contributed by atoms with Crippen LogP contribution in [0, 0.1) is 24.2 Å². The summed E-state index contributed by atoms with van der Waals surface area (Å²) in [7, 11) is 1.69. The lowest BCUT2D eigenvalue weighted by molar-refractivity contribution is -0.143. The Hall–Kier alpha value is -2.22. The molecule has 1 aromatic rings. The van der Waals surface area contributed by atoms with Gasteiger partial charge in [0.05, 0.1) is 31.0 Å². The molecule has 2 saturated heterocycles. The first-order valence-corrected chi connectivity index (χ1v) is 9.30. The minimum atomic E-state index is -0.671. The van der Waals surface area contributed by atoms with E-state index in [-0.39, 0.29) is 29.9 Å². The number of rotatable bonds is 4. The van der Waals surface area contributed by atoms with Gasteiger partial charge in [-0.3, -0.25) is 9.59 Å². The summed E-state index contributed by atoms with van der Waals surface area (Å²) >= 11 is 0. The van der Waals surface area contributed by atoms with E-state index in [1.165, 1.54) is 0 Å². The highest BCUT2D eigenvalue weighted by Crippen LogP contribution is 2.52. The van der Waals surface area contributed by atoms with E-state index in [4.69, 9.17) is 9.15 Å². The molecule has 1 spiro atoms. The van der Waals surface area contributed by atoms with Gasteiger partial charge in [-0.05, 0) is 5.41 Å². The summed E-state index contributed by atoms with van der Waals surface area (Å²) < 4.78 is 11.5. The van der Waals surface area contributed by atoms with Gasteiger partial charge in [0.1, 0.15) is 5.60 Å². The van der Waals surface area contributed by atoms with Crippen molar-refractivity contribution in [2.75, 3.05) is 20.1 Å². The summed E-state index contributed by atoms with van der Waals surface area (Å²) in [6.07, 6.45) is 3.56. The first-order valence-electron chi connectivity index (χ1n) is 9.30. The van der Waals surface area contributed by atoms with Crippen LogP contribution in [0.25, 0.3) is 0 Å². The maximum atomic E-state index is 13.2. The van der Waals surface area contributed by atoms with Crippen LogP contribution in [0.15, 0.2) is 16.6 Å². The predicted molar refractivity (Wildman–Crippen MR) is 95.3 cm³/mol. The minimum Gasteiger partial charge on any atom is -0.424 e. The summed E-state index contributed by atoms with van der Waals surface area (Å²) in [4.78, 5) is 29.7. The number of ether oxygens (including phenoxy) is 1. The number of carbonyl (C=O) groups is 2. The Morgan fingerprint density at radius 1 is 1.41 bits per heavy atom. The fourth-order valence-corrected chi connectivity index (χ4v) is 4.50. The molecule has 1 aromatic heterocycles. The average molecular weight is 374 g/mol. The summed E-state index contributed by atoms with van der Waals surface area (Å²) in [6, 6.07) is 0. The molecule has 0 saturated carbocycles. The second-order valence-corrected chi connectivity index (χ2v) is 9.06. The Kier molecular flexibility index (Phi) is 3.96. The Morgan fingerprint density at radius 2 is 2.15 bits per heavy atom. The van der Waals surface area contributed by atoms with Crippen LogP contribution in [-0.2, 0) is 20.9 Å². The molecular weight excluding hydrogens is 348 g/mol. The third-order valence-corrected chi connectivity index (χ3v) is 5.45. The van der Waals surface area contributed by atoms with E-state index in [2.05, 4.69) is 31.0 Å². The molecule has 2 bridgehead atoms. The van der Waals surface area contributed by atoms with Crippen molar-refractivity contribution in [1.82, 2.24) is 20.0 Å². The second kappa shape index (κ2) is 5.89. The van der Waals surface area contributed by atoms with E-state index < -0.39 is 17.4 Å². The lowest BCUT2D eigenvalue weighted by Gasteiger charge is -2.29. The zero-order valence-electron chi connectivity index (χ0n) is 16.4. The highest BCUT2D eigenvalue weighted by Gasteiger charge is 2.67. The lowest BCUT2D eigenvalue weighted by atomic mass is 9.76. The molecule has 2 amide bonds. The topological polar surface area (TPSA) is 88.8 Å².